The molecule has 0 aromatic carbocycles. The molecule has 2 unspecified atom stereocenters. The fourth-order valence-corrected chi connectivity index (χ4v) is 4.77. The summed E-state index contributed by atoms with van der Waals surface area (Å²) in [5.74, 6) is 0. The molecule has 20 heavy (non-hydrogen) atoms. The highest BCUT2D eigenvalue weighted by Gasteiger charge is 2.25. The first-order valence-electron chi connectivity index (χ1n) is 9.17. The highest BCUT2D eigenvalue weighted by Crippen LogP contribution is 2.29. The van der Waals surface area contributed by atoms with Crippen LogP contribution in [0.1, 0.15) is 89.9 Å². The number of nitrogens with one attached hydrogen (secondary N) is 1. The summed E-state index contributed by atoms with van der Waals surface area (Å²) >= 11 is 2.08. The Morgan fingerprint density at radius 2 is 1.20 bits per heavy atom. The molecule has 2 atom stereocenters. The smallest absolute Gasteiger partial charge is 0.00805 e. The van der Waals surface area contributed by atoms with E-state index in [-0.39, 0.29) is 0 Å². The fourth-order valence-electron chi connectivity index (χ4n) is 3.97. The highest BCUT2D eigenvalue weighted by molar-refractivity contribution is 7.99. The molecule has 0 aromatic heterocycles. The molecule has 2 saturated carbocycles. The number of hydrogen-bond donors (Lipinski definition) is 1. The zero-order valence-corrected chi connectivity index (χ0v) is 14.4. The first-order valence-corrected chi connectivity index (χ1v) is 10.5. The molecular weight excluding hydrogens is 262 g/mol. The van der Waals surface area contributed by atoms with Gasteiger partial charge in [-0.3, -0.25) is 0 Å². The summed E-state index contributed by atoms with van der Waals surface area (Å²) in [4.78, 5) is 0. The summed E-state index contributed by atoms with van der Waals surface area (Å²) in [5.41, 5.74) is 0. The van der Waals surface area contributed by atoms with Crippen molar-refractivity contribution < 1.29 is 0 Å². The van der Waals surface area contributed by atoms with Gasteiger partial charge in [0.2, 0.25) is 0 Å². The van der Waals surface area contributed by atoms with Gasteiger partial charge in [0.1, 0.15) is 0 Å². The van der Waals surface area contributed by atoms with Gasteiger partial charge in [0.25, 0.3) is 0 Å². The van der Waals surface area contributed by atoms with Crippen LogP contribution in [0.25, 0.3) is 0 Å². The second-order valence-corrected chi connectivity index (χ2v) is 8.13. The number of rotatable bonds is 3. The van der Waals surface area contributed by atoms with Crippen LogP contribution in [0.4, 0.5) is 0 Å². The molecule has 0 bridgehead atoms. The Labute approximate surface area is 131 Å². The monoisotopic (exact) mass is 297 g/mol. The van der Waals surface area contributed by atoms with Gasteiger partial charge in [0.15, 0.2) is 0 Å². The van der Waals surface area contributed by atoms with Crippen molar-refractivity contribution in [3.63, 3.8) is 0 Å². The Balaban J connectivity index is 1.71. The zero-order chi connectivity index (χ0) is 14.0. The van der Waals surface area contributed by atoms with E-state index in [1.165, 1.54) is 89.9 Å². The lowest BCUT2D eigenvalue weighted by atomic mass is 9.97. The van der Waals surface area contributed by atoms with E-state index in [4.69, 9.17) is 0 Å². The third-order valence-electron chi connectivity index (χ3n) is 5.29. The molecule has 0 heterocycles. The van der Waals surface area contributed by atoms with E-state index in [0.29, 0.717) is 0 Å². The average Bonchev–Trinajstić information content (AvgIpc) is 2.89. The van der Waals surface area contributed by atoms with Crippen LogP contribution in [-0.4, -0.2) is 23.6 Å². The van der Waals surface area contributed by atoms with Gasteiger partial charge in [0.05, 0.1) is 0 Å². The van der Waals surface area contributed by atoms with Crippen LogP contribution in [0, 0.1) is 0 Å². The fraction of sp³-hybridized carbons (Fsp3) is 1.00. The summed E-state index contributed by atoms with van der Waals surface area (Å²) in [6, 6.07) is 1.64. The summed E-state index contributed by atoms with van der Waals surface area (Å²) in [5, 5.41) is 4.95. The van der Waals surface area contributed by atoms with Gasteiger partial charge in [-0.05, 0) is 38.4 Å². The van der Waals surface area contributed by atoms with Gasteiger partial charge in [0, 0.05) is 17.3 Å². The van der Waals surface area contributed by atoms with Crippen LogP contribution in [0.15, 0.2) is 0 Å². The molecule has 0 radical (unpaired) electrons. The van der Waals surface area contributed by atoms with E-state index in [0.717, 1.165) is 17.3 Å². The Kier molecular flexibility index (Phi) is 8.43. The molecule has 2 fully saturated rings. The van der Waals surface area contributed by atoms with Crippen LogP contribution in [0.3, 0.4) is 0 Å². The first kappa shape index (κ1) is 16.7. The van der Waals surface area contributed by atoms with E-state index >= 15 is 0 Å². The Hall–Kier alpha value is 0.310. The van der Waals surface area contributed by atoms with Crippen molar-refractivity contribution in [1.29, 1.82) is 0 Å². The topological polar surface area (TPSA) is 12.0 Å². The minimum absolute atomic E-state index is 0.819. The van der Waals surface area contributed by atoms with Crippen LogP contribution >= 0.6 is 11.8 Å². The van der Waals surface area contributed by atoms with E-state index in [2.05, 4.69) is 23.3 Å². The van der Waals surface area contributed by atoms with Crippen molar-refractivity contribution in [3.05, 3.63) is 0 Å². The maximum absolute atomic E-state index is 4.02. The van der Waals surface area contributed by atoms with E-state index in [9.17, 15) is 0 Å². The summed E-state index contributed by atoms with van der Waals surface area (Å²) < 4.78 is 0. The van der Waals surface area contributed by atoms with Gasteiger partial charge >= 0.3 is 0 Å². The molecule has 2 aliphatic carbocycles. The van der Waals surface area contributed by atoms with E-state index in [1.807, 2.05) is 0 Å². The summed E-state index contributed by atoms with van der Waals surface area (Å²) in [7, 11) is 0. The third kappa shape index (κ3) is 6.39. The molecule has 0 saturated heterocycles. The van der Waals surface area contributed by atoms with Crippen molar-refractivity contribution in [2.75, 3.05) is 6.26 Å². The van der Waals surface area contributed by atoms with Crippen molar-refractivity contribution >= 4 is 11.8 Å². The lowest BCUT2D eigenvalue weighted by Crippen LogP contribution is -2.37. The number of hydrogen-bond acceptors (Lipinski definition) is 2. The highest BCUT2D eigenvalue weighted by atomic mass is 32.2. The molecule has 2 heteroatoms. The largest absolute Gasteiger partial charge is 0.311 e. The molecule has 2 aliphatic rings. The summed E-state index contributed by atoms with van der Waals surface area (Å²) in [6.45, 7) is 0. The quantitative estimate of drug-likeness (QED) is 0.734. The molecule has 118 valence electrons. The van der Waals surface area contributed by atoms with Gasteiger partial charge in [-0.2, -0.15) is 11.8 Å². The van der Waals surface area contributed by atoms with E-state index in [1.54, 1.807) is 0 Å². The van der Waals surface area contributed by atoms with Crippen LogP contribution < -0.4 is 5.32 Å². The van der Waals surface area contributed by atoms with Gasteiger partial charge in [-0.15, -0.1) is 0 Å². The van der Waals surface area contributed by atoms with Gasteiger partial charge in [-0.1, -0.05) is 57.8 Å². The number of thioether (sulfide) groups is 1. The van der Waals surface area contributed by atoms with E-state index < -0.39 is 0 Å². The molecule has 0 spiro atoms. The zero-order valence-electron chi connectivity index (χ0n) is 13.5. The average molecular weight is 298 g/mol. The van der Waals surface area contributed by atoms with Crippen molar-refractivity contribution in [2.24, 2.45) is 0 Å². The van der Waals surface area contributed by atoms with Gasteiger partial charge in [-0.25, -0.2) is 0 Å². The van der Waals surface area contributed by atoms with Crippen molar-refractivity contribution in [1.82, 2.24) is 5.32 Å². The minimum Gasteiger partial charge on any atom is -0.311 e. The second-order valence-electron chi connectivity index (χ2n) is 6.99. The first-order chi connectivity index (χ1) is 9.88. The predicted molar refractivity (Wildman–Crippen MR) is 92.7 cm³/mol. The lowest BCUT2D eigenvalue weighted by molar-refractivity contribution is 0.363. The molecule has 0 aliphatic heterocycles. The van der Waals surface area contributed by atoms with Crippen molar-refractivity contribution in [2.45, 2.75) is 107 Å². The molecule has 1 nitrogen and oxygen atoms in total. The van der Waals surface area contributed by atoms with Crippen LogP contribution in [-0.2, 0) is 0 Å². The Bertz CT molecular complexity index is 232. The summed E-state index contributed by atoms with van der Waals surface area (Å²) in [6.07, 6.45) is 22.7. The normalized spacial score (nSPS) is 31.6. The Morgan fingerprint density at radius 3 is 1.70 bits per heavy atom. The molecule has 1 N–H and O–H groups in total. The second kappa shape index (κ2) is 10.1. The lowest BCUT2D eigenvalue weighted by Gasteiger charge is -2.24. The SMILES string of the molecule is CSC1CCC(NC2CCCCCCCCCCC2)C1. The van der Waals surface area contributed by atoms with Crippen molar-refractivity contribution in [3.8, 4) is 0 Å². The molecule has 0 amide bonds. The standard InChI is InChI=1S/C18H35NS/c1-20-18-14-13-17(15-18)19-16-11-9-7-5-3-2-4-6-8-10-12-16/h16-19H,2-15H2,1H3. The predicted octanol–water partition coefficient (Wildman–Crippen LogP) is 5.53. The van der Waals surface area contributed by atoms with Gasteiger partial charge < -0.3 is 5.32 Å². The minimum atomic E-state index is 0.819. The van der Waals surface area contributed by atoms with Crippen LogP contribution in [0.2, 0.25) is 0 Å². The van der Waals surface area contributed by atoms with Crippen LogP contribution in [0.5, 0.6) is 0 Å². The Morgan fingerprint density at radius 1 is 0.650 bits per heavy atom. The molecule has 0 aromatic rings. The maximum Gasteiger partial charge on any atom is 0.00805 e. The maximum atomic E-state index is 4.02. The third-order valence-corrected chi connectivity index (χ3v) is 6.39. The molecular formula is C18H35NS. The molecule has 2 rings (SSSR count).